The summed E-state index contributed by atoms with van der Waals surface area (Å²) in [5, 5.41) is 6.89. The molecule has 96 valence electrons. The van der Waals surface area contributed by atoms with E-state index >= 15 is 0 Å². The van der Waals surface area contributed by atoms with Crippen molar-refractivity contribution in [2.45, 2.75) is 13.5 Å². The molecule has 0 bridgehead atoms. The van der Waals surface area contributed by atoms with Gasteiger partial charge in [0.25, 0.3) is 5.91 Å². The van der Waals surface area contributed by atoms with Gasteiger partial charge in [-0.2, -0.15) is 5.10 Å². The summed E-state index contributed by atoms with van der Waals surface area (Å²) >= 11 is 0. The third-order valence-corrected chi connectivity index (χ3v) is 2.21. The highest BCUT2D eigenvalue weighted by Crippen LogP contribution is 2.06. The fourth-order valence-corrected chi connectivity index (χ4v) is 1.35. The zero-order valence-corrected chi connectivity index (χ0v) is 9.85. The zero-order valence-electron chi connectivity index (χ0n) is 9.85. The number of hydrogen-bond acceptors (Lipinski definition) is 5. The Balaban J connectivity index is 2.13. The van der Waals surface area contributed by atoms with Crippen LogP contribution < -0.4 is 0 Å². The Hall–Kier alpha value is -2.93. The van der Waals surface area contributed by atoms with E-state index in [-0.39, 0.29) is 23.9 Å². The maximum Gasteiger partial charge on any atom is 0.270 e. The van der Waals surface area contributed by atoms with E-state index in [2.05, 4.69) is 20.1 Å². The quantitative estimate of drug-likeness (QED) is 0.356. The Morgan fingerprint density at radius 1 is 1.53 bits per heavy atom. The number of carbonyl (C=O) groups is 2. The molecule has 0 aromatic carbocycles. The molecule has 0 unspecified atom stereocenters. The van der Waals surface area contributed by atoms with Crippen molar-refractivity contribution in [2.75, 3.05) is 0 Å². The fourth-order valence-electron chi connectivity index (χ4n) is 1.35. The number of aromatic nitrogens is 3. The Morgan fingerprint density at radius 3 is 2.95 bits per heavy atom. The van der Waals surface area contributed by atoms with Gasteiger partial charge in [-0.25, -0.2) is 4.98 Å². The van der Waals surface area contributed by atoms with Crippen LogP contribution in [0.25, 0.3) is 10.4 Å². The highest BCUT2D eigenvalue weighted by atomic mass is 16.3. The number of ketones is 1. The molecular formula is C10H8N6O3. The van der Waals surface area contributed by atoms with Crippen molar-refractivity contribution >= 4 is 11.7 Å². The summed E-state index contributed by atoms with van der Waals surface area (Å²) in [4.78, 5) is 28.5. The first-order valence-corrected chi connectivity index (χ1v) is 5.18. The van der Waals surface area contributed by atoms with E-state index in [1.54, 1.807) is 12.3 Å². The van der Waals surface area contributed by atoms with Gasteiger partial charge in [0.1, 0.15) is 18.5 Å². The second kappa shape index (κ2) is 5.15. The molecule has 2 heterocycles. The molecule has 0 saturated carbocycles. The summed E-state index contributed by atoms with van der Waals surface area (Å²) in [7, 11) is 0. The van der Waals surface area contributed by atoms with E-state index in [1.807, 2.05) is 0 Å². The predicted octanol–water partition coefficient (Wildman–Crippen LogP) is 1.57. The minimum absolute atomic E-state index is 0.0771. The summed E-state index contributed by atoms with van der Waals surface area (Å²) in [6.45, 7) is 1.57. The maximum atomic E-state index is 11.2. The standard InChI is InChI=1S/C10H8N6O3/c1-6(17)7-2-3-16(14-7)4-9-12-8(5-19-9)10(18)13-15-11/h2-3,5H,4H2,1H3. The Bertz CT molecular complexity index is 679. The number of nitrogens with zero attached hydrogens (tertiary/aromatic N) is 6. The van der Waals surface area contributed by atoms with Gasteiger partial charge in [0.05, 0.1) is 0 Å². The van der Waals surface area contributed by atoms with Gasteiger partial charge in [-0.05, 0) is 16.7 Å². The number of rotatable bonds is 4. The van der Waals surface area contributed by atoms with Crippen LogP contribution in [0.4, 0.5) is 0 Å². The molecule has 9 nitrogen and oxygen atoms in total. The second-order valence-electron chi connectivity index (χ2n) is 3.58. The third kappa shape index (κ3) is 2.85. The first-order valence-electron chi connectivity index (χ1n) is 5.18. The normalized spacial score (nSPS) is 9.95. The van der Waals surface area contributed by atoms with Gasteiger partial charge in [-0.3, -0.25) is 14.3 Å². The molecule has 0 fully saturated rings. The molecule has 19 heavy (non-hydrogen) atoms. The molecular weight excluding hydrogens is 252 g/mol. The molecule has 1 amide bonds. The monoisotopic (exact) mass is 260 g/mol. The van der Waals surface area contributed by atoms with Crippen molar-refractivity contribution in [1.82, 2.24) is 14.8 Å². The number of Topliss-reactive ketones (excluding diaryl/α,β-unsaturated/α-hetero) is 1. The van der Waals surface area contributed by atoms with Crippen LogP contribution >= 0.6 is 0 Å². The topological polar surface area (TPSA) is 127 Å². The van der Waals surface area contributed by atoms with E-state index in [1.165, 1.54) is 11.6 Å². The fraction of sp³-hybridized carbons (Fsp3) is 0.200. The molecule has 2 aromatic rings. The lowest BCUT2D eigenvalue weighted by Crippen LogP contribution is -2.03. The van der Waals surface area contributed by atoms with Crippen molar-refractivity contribution in [3.63, 3.8) is 0 Å². The Labute approximate surface area is 106 Å². The van der Waals surface area contributed by atoms with E-state index in [0.29, 0.717) is 5.69 Å². The molecule has 2 aromatic heterocycles. The summed E-state index contributed by atoms with van der Waals surface area (Å²) in [5.41, 5.74) is 8.38. The van der Waals surface area contributed by atoms with Gasteiger partial charge < -0.3 is 4.42 Å². The Morgan fingerprint density at radius 2 is 2.32 bits per heavy atom. The predicted molar refractivity (Wildman–Crippen MR) is 61.3 cm³/mol. The molecule has 0 aliphatic rings. The third-order valence-electron chi connectivity index (χ3n) is 2.21. The van der Waals surface area contributed by atoms with Crippen LogP contribution in [-0.2, 0) is 6.54 Å². The van der Waals surface area contributed by atoms with Gasteiger partial charge in [-0.1, -0.05) is 0 Å². The number of azide groups is 1. The van der Waals surface area contributed by atoms with Gasteiger partial charge in [0, 0.05) is 18.0 Å². The summed E-state index contributed by atoms with van der Waals surface area (Å²) in [6, 6.07) is 1.57. The largest absolute Gasteiger partial charge is 0.446 e. The second-order valence-corrected chi connectivity index (χ2v) is 3.58. The van der Waals surface area contributed by atoms with Crippen LogP contribution in [0.5, 0.6) is 0 Å². The van der Waals surface area contributed by atoms with Crippen molar-refractivity contribution in [3.8, 4) is 0 Å². The van der Waals surface area contributed by atoms with Crippen LogP contribution in [0.2, 0.25) is 0 Å². The number of carbonyl (C=O) groups excluding carboxylic acids is 2. The summed E-state index contributed by atoms with van der Waals surface area (Å²) < 4.78 is 6.49. The molecule has 0 atom stereocenters. The first kappa shape index (κ1) is 12.5. The van der Waals surface area contributed by atoms with Crippen molar-refractivity contribution in [1.29, 1.82) is 0 Å². The van der Waals surface area contributed by atoms with Gasteiger partial charge in [0.15, 0.2) is 11.5 Å². The summed E-state index contributed by atoms with van der Waals surface area (Å²) in [5.74, 6) is -0.748. The van der Waals surface area contributed by atoms with E-state index < -0.39 is 5.91 Å². The SMILES string of the molecule is CC(=O)c1ccn(Cc2nc(C(=O)N=[N+]=[N-])co2)n1. The van der Waals surface area contributed by atoms with Crippen LogP contribution in [-0.4, -0.2) is 26.5 Å². The van der Waals surface area contributed by atoms with Crippen LogP contribution in [0, 0.1) is 0 Å². The van der Waals surface area contributed by atoms with Gasteiger partial charge in [-0.15, -0.1) is 0 Å². The molecule has 0 N–H and O–H groups in total. The highest BCUT2D eigenvalue weighted by molar-refractivity contribution is 5.92. The average Bonchev–Trinajstić information content (AvgIpc) is 2.99. The van der Waals surface area contributed by atoms with Crippen LogP contribution in [0.15, 0.2) is 28.1 Å². The molecule has 9 heteroatoms. The molecule has 0 radical (unpaired) electrons. The minimum Gasteiger partial charge on any atom is -0.446 e. The van der Waals surface area contributed by atoms with Crippen LogP contribution in [0.3, 0.4) is 0 Å². The molecule has 0 aliphatic heterocycles. The van der Waals surface area contributed by atoms with E-state index in [0.717, 1.165) is 6.26 Å². The van der Waals surface area contributed by atoms with Crippen LogP contribution in [0.1, 0.15) is 33.8 Å². The number of amides is 1. The van der Waals surface area contributed by atoms with Gasteiger partial charge >= 0.3 is 0 Å². The average molecular weight is 260 g/mol. The molecule has 2 rings (SSSR count). The minimum atomic E-state index is -0.817. The highest BCUT2D eigenvalue weighted by Gasteiger charge is 2.12. The zero-order chi connectivity index (χ0) is 13.8. The first-order chi connectivity index (χ1) is 9.10. The number of oxazole rings is 1. The lowest BCUT2D eigenvalue weighted by molar-refractivity contribution is 0.0991. The van der Waals surface area contributed by atoms with Gasteiger partial charge in [0.2, 0.25) is 5.89 Å². The lowest BCUT2D eigenvalue weighted by atomic mass is 10.3. The lowest BCUT2D eigenvalue weighted by Gasteiger charge is -1.95. The van der Waals surface area contributed by atoms with Crippen molar-refractivity contribution in [2.24, 2.45) is 5.11 Å². The summed E-state index contributed by atoms with van der Waals surface area (Å²) in [6.07, 6.45) is 2.69. The van der Waals surface area contributed by atoms with Crippen molar-refractivity contribution in [3.05, 3.63) is 46.2 Å². The smallest absolute Gasteiger partial charge is 0.270 e. The number of hydrogen-bond donors (Lipinski definition) is 0. The maximum absolute atomic E-state index is 11.2. The van der Waals surface area contributed by atoms with E-state index in [4.69, 9.17) is 9.95 Å². The Kier molecular flexibility index (Phi) is 3.39. The molecule has 0 spiro atoms. The van der Waals surface area contributed by atoms with Crippen molar-refractivity contribution < 1.29 is 14.0 Å². The molecule has 0 aliphatic carbocycles. The molecule has 0 saturated heterocycles. The van der Waals surface area contributed by atoms with E-state index in [9.17, 15) is 9.59 Å².